The van der Waals surface area contributed by atoms with Crippen molar-refractivity contribution in [1.29, 1.82) is 0 Å². The predicted molar refractivity (Wildman–Crippen MR) is 83.1 cm³/mol. The first-order chi connectivity index (χ1) is 10.1. The van der Waals surface area contributed by atoms with Crippen molar-refractivity contribution in [1.82, 2.24) is 10.2 Å². The van der Waals surface area contributed by atoms with Crippen LogP contribution in [0.1, 0.15) is 51.9 Å². The summed E-state index contributed by atoms with van der Waals surface area (Å²) in [5, 5.41) is 3.49. The quantitative estimate of drug-likeness (QED) is 0.731. The molecule has 0 aromatic heterocycles. The van der Waals surface area contributed by atoms with Crippen LogP contribution < -0.4 is 5.32 Å². The van der Waals surface area contributed by atoms with E-state index in [0.717, 1.165) is 31.2 Å². The van der Waals surface area contributed by atoms with Crippen molar-refractivity contribution in [3.63, 3.8) is 0 Å². The average Bonchev–Trinajstić information content (AvgIpc) is 3.01. The molecule has 3 aliphatic rings. The van der Waals surface area contributed by atoms with Gasteiger partial charge in [-0.05, 0) is 63.8 Å². The minimum absolute atomic E-state index is 0.104. The van der Waals surface area contributed by atoms with Crippen LogP contribution in [0.15, 0.2) is 0 Å². The molecule has 3 unspecified atom stereocenters. The van der Waals surface area contributed by atoms with E-state index >= 15 is 0 Å². The molecule has 0 radical (unpaired) electrons. The fourth-order valence-electron chi connectivity index (χ4n) is 4.31. The molecule has 120 valence electrons. The summed E-state index contributed by atoms with van der Waals surface area (Å²) in [7, 11) is 1.50. The first kappa shape index (κ1) is 15.3. The van der Waals surface area contributed by atoms with Crippen molar-refractivity contribution in [3.05, 3.63) is 0 Å². The number of ether oxygens (including phenoxy) is 1. The second-order valence-electron chi connectivity index (χ2n) is 7.56. The lowest BCUT2D eigenvalue weighted by Crippen LogP contribution is -2.51. The summed E-state index contributed by atoms with van der Waals surface area (Å²) >= 11 is 0. The van der Waals surface area contributed by atoms with Gasteiger partial charge in [-0.1, -0.05) is 6.42 Å². The largest absolute Gasteiger partial charge is 0.468 e. The molecular formula is C17H30N2O2. The number of carbonyl (C=O) groups is 1. The van der Waals surface area contributed by atoms with E-state index in [0.29, 0.717) is 6.04 Å². The summed E-state index contributed by atoms with van der Waals surface area (Å²) < 4.78 is 5.01. The van der Waals surface area contributed by atoms with E-state index in [9.17, 15) is 4.79 Å². The molecule has 3 rings (SSSR count). The SMILES string of the molecule is COC(=O)C(C)(CCCN1CC2CCCC2C1)NC1CC1. The second kappa shape index (κ2) is 6.25. The molecule has 1 saturated heterocycles. The van der Waals surface area contributed by atoms with E-state index in [-0.39, 0.29) is 5.97 Å². The number of nitrogens with zero attached hydrogens (tertiary/aromatic N) is 1. The summed E-state index contributed by atoms with van der Waals surface area (Å²) in [5.74, 6) is 1.82. The summed E-state index contributed by atoms with van der Waals surface area (Å²) in [5.41, 5.74) is -0.495. The first-order valence-electron chi connectivity index (χ1n) is 8.69. The molecule has 1 N–H and O–H groups in total. The van der Waals surface area contributed by atoms with E-state index in [1.54, 1.807) is 0 Å². The highest BCUT2D eigenvalue weighted by Gasteiger charge is 2.40. The molecule has 3 fully saturated rings. The Balaban J connectivity index is 1.44. The Morgan fingerprint density at radius 1 is 1.24 bits per heavy atom. The van der Waals surface area contributed by atoms with E-state index in [2.05, 4.69) is 10.2 Å². The zero-order valence-corrected chi connectivity index (χ0v) is 13.6. The number of esters is 1. The number of hydrogen-bond acceptors (Lipinski definition) is 4. The molecule has 4 nitrogen and oxygen atoms in total. The highest BCUT2D eigenvalue weighted by molar-refractivity contribution is 5.80. The number of carbonyl (C=O) groups excluding carboxylic acids is 1. The van der Waals surface area contributed by atoms with Crippen LogP contribution in [0.5, 0.6) is 0 Å². The fraction of sp³-hybridized carbons (Fsp3) is 0.941. The highest BCUT2D eigenvalue weighted by Crippen LogP contribution is 2.37. The van der Waals surface area contributed by atoms with Crippen molar-refractivity contribution in [3.8, 4) is 0 Å². The molecule has 1 heterocycles. The molecular weight excluding hydrogens is 264 g/mol. The topological polar surface area (TPSA) is 41.6 Å². The maximum Gasteiger partial charge on any atom is 0.325 e. The van der Waals surface area contributed by atoms with Gasteiger partial charge in [0.1, 0.15) is 5.54 Å². The normalized spacial score (nSPS) is 31.9. The number of rotatable bonds is 7. The third-order valence-electron chi connectivity index (χ3n) is 5.69. The minimum atomic E-state index is -0.495. The molecule has 21 heavy (non-hydrogen) atoms. The number of likely N-dealkylation sites (tertiary alicyclic amines) is 1. The van der Waals surface area contributed by atoms with Crippen LogP contribution >= 0.6 is 0 Å². The van der Waals surface area contributed by atoms with E-state index in [4.69, 9.17) is 4.74 Å². The van der Waals surface area contributed by atoms with Gasteiger partial charge in [-0.25, -0.2) is 0 Å². The Kier molecular flexibility index (Phi) is 4.55. The molecule has 0 aromatic rings. The number of methoxy groups -OCH3 is 1. The molecule has 2 saturated carbocycles. The van der Waals surface area contributed by atoms with Crippen molar-refractivity contribution in [2.75, 3.05) is 26.7 Å². The third kappa shape index (κ3) is 3.59. The van der Waals surface area contributed by atoms with Crippen molar-refractivity contribution < 1.29 is 9.53 Å². The Labute approximate surface area is 128 Å². The monoisotopic (exact) mass is 294 g/mol. The third-order valence-corrected chi connectivity index (χ3v) is 5.69. The van der Waals surface area contributed by atoms with Gasteiger partial charge in [0.15, 0.2) is 0 Å². The van der Waals surface area contributed by atoms with Crippen molar-refractivity contribution >= 4 is 5.97 Å². The molecule has 0 bridgehead atoms. The lowest BCUT2D eigenvalue weighted by molar-refractivity contribution is -0.148. The maximum absolute atomic E-state index is 12.1. The van der Waals surface area contributed by atoms with Crippen molar-refractivity contribution in [2.24, 2.45) is 11.8 Å². The lowest BCUT2D eigenvalue weighted by atomic mass is 9.95. The van der Waals surface area contributed by atoms with E-state index in [1.165, 1.54) is 52.3 Å². The molecule has 0 aromatic carbocycles. The highest BCUT2D eigenvalue weighted by atomic mass is 16.5. The predicted octanol–water partition coefficient (Wildman–Crippen LogP) is 2.18. The van der Waals surface area contributed by atoms with Gasteiger partial charge in [0.25, 0.3) is 0 Å². The molecule has 2 aliphatic carbocycles. The second-order valence-corrected chi connectivity index (χ2v) is 7.56. The number of nitrogens with one attached hydrogen (secondary N) is 1. The molecule has 1 aliphatic heterocycles. The summed E-state index contributed by atoms with van der Waals surface area (Å²) in [4.78, 5) is 14.7. The average molecular weight is 294 g/mol. The lowest BCUT2D eigenvalue weighted by Gasteiger charge is -2.29. The number of fused-ring (bicyclic) bond motifs is 1. The van der Waals surface area contributed by atoms with Crippen LogP contribution in [-0.4, -0.2) is 49.2 Å². The van der Waals surface area contributed by atoms with Gasteiger partial charge in [-0.2, -0.15) is 0 Å². The maximum atomic E-state index is 12.1. The van der Waals surface area contributed by atoms with E-state index in [1.807, 2.05) is 6.92 Å². The van der Waals surface area contributed by atoms with Gasteiger partial charge >= 0.3 is 5.97 Å². The molecule has 3 atom stereocenters. The zero-order valence-electron chi connectivity index (χ0n) is 13.6. The molecule has 0 amide bonds. The first-order valence-corrected chi connectivity index (χ1v) is 8.69. The van der Waals surface area contributed by atoms with E-state index < -0.39 is 5.54 Å². The van der Waals surface area contributed by atoms with Crippen LogP contribution in [0.2, 0.25) is 0 Å². The standard InChI is InChI=1S/C17H30N2O2/c1-17(16(20)21-2,18-15-7-8-15)9-4-10-19-11-13-5-3-6-14(13)12-19/h13-15,18H,3-12H2,1-2H3. The Hall–Kier alpha value is -0.610. The van der Waals surface area contributed by atoms with Crippen LogP contribution in [0, 0.1) is 11.8 Å². The Morgan fingerprint density at radius 3 is 2.48 bits per heavy atom. The smallest absolute Gasteiger partial charge is 0.325 e. The van der Waals surface area contributed by atoms with Gasteiger partial charge in [0, 0.05) is 19.1 Å². The minimum Gasteiger partial charge on any atom is -0.468 e. The van der Waals surface area contributed by atoms with Gasteiger partial charge < -0.3 is 9.64 Å². The Morgan fingerprint density at radius 2 is 1.90 bits per heavy atom. The fourth-order valence-corrected chi connectivity index (χ4v) is 4.31. The number of hydrogen-bond donors (Lipinski definition) is 1. The van der Waals surface area contributed by atoms with Crippen molar-refractivity contribution in [2.45, 2.75) is 63.5 Å². The van der Waals surface area contributed by atoms with Gasteiger partial charge in [-0.15, -0.1) is 0 Å². The van der Waals surface area contributed by atoms with Crippen LogP contribution in [-0.2, 0) is 9.53 Å². The summed E-state index contributed by atoms with van der Waals surface area (Å²) in [6.45, 7) is 5.72. The Bertz CT molecular complexity index is 371. The zero-order chi connectivity index (χ0) is 14.9. The molecule has 0 spiro atoms. The molecule has 4 heteroatoms. The summed E-state index contributed by atoms with van der Waals surface area (Å²) in [6, 6.07) is 0.528. The van der Waals surface area contributed by atoms with Crippen LogP contribution in [0.25, 0.3) is 0 Å². The summed E-state index contributed by atoms with van der Waals surface area (Å²) in [6.07, 6.45) is 8.65. The van der Waals surface area contributed by atoms with Crippen LogP contribution in [0.4, 0.5) is 0 Å². The van der Waals surface area contributed by atoms with Gasteiger partial charge in [0.05, 0.1) is 7.11 Å². The van der Waals surface area contributed by atoms with Gasteiger partial charge in [0.2, 0.25) is 0 Å². The van der Waals surface area contributed by atoms with Crippen LogP contribution in [0.3, 0.4) is 0 Å². The van der Waals surface area contributed by atoms with Gasteiger partial charge in [-0.3, -0.25) is 10.1 Å².